The molecular weight excluding hydrogens is 465 g/mol. The molecule has 1 saturated heterocycles. The van der Waals surface area contributed by atoms with Gasteiger partial charge in [0.2, 0.25) is 10.9 Å². The summed E-state index contributed by atoms with van der Waals surface area (Å²) in [5.41, 5.74) is 1.96. The zero-order valence-corrected chi connectivity index (χ0v) is 18.8. The number of amides is 1. The fraction of sp³-hybridized carbons (Fsp3) is 0.304. The molecule has 4 aromatic rings. The normalized spacial score (nSPS) is 17.4. The van der Waals surface area contributed by atoms with Crippen LogP contribution in [0.5, 0.6) is 0 Å². The van der Waals surface area contributed by atoms with Crippen LogP contribution in [0.2, 0.25) is 0 Å². The highest BCUT2D eigenvalue weighted by Crippen LogP contribution is 2.45. The average Bonchev–Trinajstić information content (AvgIpc) is 3.47. The number of pyridine rings is 1. The average molecular weight is 485 g/mol. The molecule has 6 rings (SSSR count). The minimum absolute atomic E-state index is 0.0321. The largest absolute Gasteiger partial charge is 0.418 e. The van der Waals surface area contributed by atoms with E-state index in [4.69, 9.17) is 0 Å². The van der Waals surface area contributed by atoms with E-state index in [1.54, 1.807) is 4.52 Å². The summed E-state index contributed by atoms with van der Waals surface area (Å²) < 4.78 is 41.7. The number of aromatic nitrogens is 4. The van der Waals surface area contributed by atoms with Crippen molar-refractivity contribution in [3.05, 3.63) is 53.5 Å². The minimum Gasteiger partial charge on any atom is -0.325 e. The van der Waals surface area contributed by atoms with Gasteiger partial charge in [-0.1, -0.05) is 11.3 Å². The van der Waals surface area contributed by atoms with Crippen molar-refractivity contribution in [1.82, 2.24) is 24.9 Å². The molecule has 0 bridgehead atoms. The summed E-state index contributed by atoms with van der Waals surface area (Å²) in [7, 11) is 0. The highest BCUT2D eigenvalue weighted by molar-refractivity contribution is 7.19. The van der Waals surface area contributed by atoms with Gasteiger partial charge in [0.05, 0.1) is 22.9 Å². The van der Waals surface area contributed by atoms with Gasteiger partial charge in [-0.3, -0.25) is 9.78 Å². The molecule has 1 spiro atoms. The molecule has 34 heavy (non-hydrogen) atoms. The number of fused-ring (bicyclic) bond motifs is 3. The fourth-order valence-corrected chi connectivity index (χ4v) is 5.73. The number of piperidine rings is 1. The van der Waals surface area contributed by atoms with Crippen LogP contribution in [-0.2, 0) is 16.4 Å². The quantitative estimate of drug-likeness (QED) is 0.440. The lowest BCUT2D eigenvalue weighted by Gasteiger charge is -2.32. The Bertz CT molecular complexity index is 1450. The maximum absolute atomic E-state index is 13.4. The van der Waals surface area contributed by atoms with Crippen LogP contribution >= 0.6 is 11.3 Å². The topological polar surface area (TPSA) is 84.2 Å². The zero-order chi connectivity index (χ0) is 23.7. The second-order valence-electron chi connectivity index (χ2n) is 8.65. The zero-order valence-electron chi connectivity index (χ0n) is 18.0. The van der Waals surface area contributed by atoms with Gasteiger partial charge in [0.25, 0.3) is 0 Å². The first-order valence-electron chi connectivity index (χ1n) is 10.8. The third-order valence-electron chi connectivity index (χ3n) is 6.70. The van der Waals surface area contributed by atoms with Crippen molar-refractivity contribution in [1.29, 1.82) is 0 Å². The summed E-state index contributed by atoms with van der Waals surface area (Å²) in [6.07, 6.45) is -0.138. The molecule has 1 amide bonds. The summed E-state index contributed by atoms with van der Waals surface area (Å²) in [6, 6.07) is 6.88. The van der Waals surface area contributed by atoms with Gasteiger partial charge >= 0.3 is 6.18 Å². The van der Waals surface area contributed by atoms with Crippen LogP contribution < -0.4 is 10.6 Å². The molecule has 5 heterocycles. The summed E-state index contributed by atoms with van der Waals surface area (Å²) >= 11 is 1.34. The molecule has 0 atom stereocenters. The minimum atomic E-state index is -4.50. The van der Waals surface area contributed by atoms with E-state index in [1.165, 1.54) is 30.7 Å². The van der Waals surface area contributed by atoms with Crippen LogP contribution in [0.3, 0.4) is 0 Å². The van der Waals surface area contributed by atoms with Gasteiger partial charge in [0, 0.05) is 28.7 Å². The van der Waals surface area contributed by atoms with Gasteiger partial charge in [-0.05, 0) is 62.7 Å². The van der Waals surface area contributed by atoms with Crippen LogP contribution in [-0.4, -0.2) is 38.6 Å². The molecule has 0 saturated carbocycles. The first-order chi connectivity index (χ1) is 16.3. The smallest absolute Gasteiger partial charge is 0.325 e. The molecule has 0 unspecified atom stereocenters. The number of benzene rings is 1. The first-order valence-corrected chi connectivity index (χ1v) is 11.6. The van der Waals surface area contributed by atoms with Crippen LogP contribution in [0.15, 0.2) is 36.7 Å². The Hall–Kier alpha value is -3.31. The molecule has 1 fully saturated rings. The number of carbonyl (C=O) groups excluding carboxylic acids is 1. The molecule has 7 nitrogen and oxygen atoms in total. The molecule has 3 aromatic heterocycles. The summed E-state index contributed by atoms with van der Waals surface area (Å²) in [4.78, 5) is 21.7. The Morgan fingerprint density at radius 1 is 1.09 bits per heavy atom. The number of halogens is 3. The maximum atomic E-state index is 13.4. The van der Waals surface area contributed by atoms with Crippen LogP contribution in [0.4, 0.5) is 18.9 Å². The number of imidazole rings is 1. The monoisotopic (exact) mass is 484 g/mol. The number of rotatable bonds is 2. The van der Waals surface area contributed by atoms with Crippen molar-refractivity contribution in [2.75, 3.05) is 18.4 Å². The Labute approximate surface area is 196 Å². The third-order valence-corrected chi connectivity index (χ3v) is 7.67. The van der Waals surface area contributed by atoms with E-state index in [1.807, 2.05) is 18.2 Å². The SMILES string of the molecule is Cc1ncc(-c2cnc3sc(-c4ccc5c(c4)C4(CCNCC4)C(=O)N5)nn23)cc1C(F)(F)F. The third kappa shape index (κ3) is 3.14. The molecule has 0 aliphatic carbocycles. The van der Waals surface area contributed by atoms with E-state index in [-0.39, 0.29) is 11.6 Å². The van der Waals surface area contributed by atoms with E-state index >= 15 is 0 Å². The fourth-order valence-electron chi connectivity index (χ4n) is 4.86. The number of nitrogens with one attached hydrogen (secondary N) is 2. The van der Waals surface area contributed by atoms with Gasteiger partial charge in [0.15, 0.2) is 0 Å². The Morgan fingerprint density at radius 3 is 2.65 bits per heavy atom. The Morgan fingerprint density at radius 2 is 1.88 bits per heavy atom. The predicted octanol–water partition coefficient (Wildman–Crippen LogP) is 4.42. The molecule has 2 aliphatic heterocycles. The Kier molecular flexibility index (Phi) is 4.59. The van der Waals surface area contributed by atoms with Gasteiger partial charge < -0.3 is 10.6 Å². The van der Waals surface area contributed by atoms with Crippen LogP contribution in [0, 0.1) is 6.92 Å². The molecule has 11 heteroatoms. The number of hydrogen-bond acceptors (Lipinski definition) is 6. The van der Waals surface area contributed by atoms with E-state index in [0.717, 1.165) is 48.8 Å². The van der Waals surface area contributed by atoms with Gasteiger partial charge in [-0.2, -0.15) is 18.3 Å². The van der Waals surface area contributed by atoms with Crippen molar-refractivity contribution in [2.45, 2.75) is 31.4 Å². The lowest BCUT2D eigenvalue weighted by molar-refractivity contribution is -0.138. The van der Waals surface area contributed by atoms with Crippen LogP contribution in [0.1, 0.15) is 29.7 Å². The Balaban J connectivity index is 1.42. The van der Waals surface area contributed by atoms with Gasteiger partial charge in [-0.15, -0.1) is 0 Å². The second-order valence-corrected chi connectivity index (χ2v) is 9.60. The summed E-state index contributed by atoms with van der Waals surface area (Å²) in [5, 5.41) is 11.7. The number of aryl methyl sites for hydroxylation is 1. The van der Waals surface area contributed by atoms with Crippen molar-refractivity contribution >= 4 is 27.9 Å². The molecule has 2 aliphatic rings. The van der Waals surface area contributed by atoms with Crippen molar-refractivity contribution in [2.24, 2.45) is 0 Å². The van der Waals surface area contributed by atoms with Crippen LogP contribution in [0.25, 0.3) is 26.8 Å². The molecule has 174 valence electrons. The standard InChI is InChI=1S/C23H19F3N6OS/c1-12-15(23(24,25)26)9-14(10-28-12)18-11-29-21-32(18)31-19(34-21)13-2-3-17-16(8-13)22(20(33)30-17)4-6-27-7-5-22/h2-3,8-11,27H,4-7H2,1H3,(H,30,33). The number of alkyl halides is 3. The highest BCUT2D eigenvalue weighted by atomic mass is 32.1. The van der Waals surface area contributed by atoms with E-state index < -0.39 is 17.2 Å². The number of carbonyl (C=O) groups is 1. The van der Waals surface area contributed by atoms with E-state index in [9.17, 15) is 18.0 Å². The summed E-state index contributed by atoms with van der Waals surface area (Å²) in [5.74, 6) is 0.0321. The van der Waals surface area contributed by atoms with Crippen molar-refractivity contribution < 1.29 is 18.0 Å². The summed E-state index contributed by atoms with van der Waals surface area (Å²) in [6.45, 7) is 2.88. The highest BCUT2D eigenvalue weighted by Gasteiger charge is 2.47. The predicted molar refractivity (Wildman–Crippen MR) is 122 cm³/mol. The first kappa shape index (κ1) is 21.2. The molecule has 0 radical (unpaired) electrons. The van der Waals surface area contributed by atoms with E-state index in [0.29, 0.717) is 21.2 Å². The lowest BCUT2D eigenvalue weighted by atomic mass is 9.74. The van der Waals surface area contributed by atoms with E-state index in [2.05, 4.69) is 25.7 Å². The lowest BCUT2D eigenvalue weighted by Crippen LogP contribution is -2.44. The molecular formula is C23H19F3N6OS. The van der Waals surface area contributed by atoms with Gasteiger partial charge in [0.1, 0.15) is 5.01 Å². The number of hydrogen-bond donors (Lipinski definition) is 2. The van der Waals surface area contributed by atoms with Gasteiger partial charge in [-0.25, -0.2) is 9.50 Å². The molecule has 1 aromatic carbocycles. The van der Waals surface area contributed by atoms with Crippen molar-refractivity contribution in [3.8, 4) is 21.8 Å². The second kappa shape index (κ2) is 7.34. The van der Waals surface area contributed by atoms with Crippen molar-refractivity contribution in [3.63, 3.8) is 0 Å². The maximum Gasteiger partial charge on any atom is 0.418 e. The number of anilines is 1. The number of nitrogens with zero attached hydrogens (tertiary/aromatic N) is 4. The molecule has 2 N–H and O–H groups in total.